The molecule has 3 fully saturated rings. The first-order chi connectivity index (χ1) is 13.0. The maximum absolute atomic E-state index is 13.0. The largest absolute Gasteiger partial charge is 0.416 e. The number of halogens is 3. The molecule has 0 N–H and O–H groups in total. The summed E-state index contributed by atoms with van der Waals surface area (Å²) in [5.74, 6) is 2.33. The van der Waals surface area contributed by atoms with E-state index >= 15 is 0 Å². The van der Waals surface area contributed by atoms with E-state index in [0.717, 1.165) is 43.2 Å². The molecule has 0 radical (unpaired) electrons. The Morgan fingerprint density at radius 3 is 2.59 bits per heavy atom. The predicted molar refractivity (Wildman–Crippen MR) is 94.7 cm³/mol. The Labute approximate surface area is 155 Å². The molecule has 4 heterocycles. The topological polar surface area (TPSA) is 45.2 Å². The summed E-state index contributed by atoms with van der Waals surface area (Å²) in [6, 6.07) is 4.52. The summed E-state index contributed by atoms with van der Waals surface area (Å²) >= 11 is 0. The van der Waals surface area contributed by atoms with Gasteiger partial charge in [-0.1, -0.05) is 0 Å². The number of hydrogen-bond acceptors (Lipinski definition) is 5. The highest BCUT2D eigenvalue weighted by Crippen LogP contribution is 2.41. The summed E-state index contributed by atoms with van der Waals surface area (Å²) in [5.41, 5.74) is 0.462. The minimum absolute atomic E-state index is 0.253. The molecule has 2 aromatic rings. The van der Waals surface area contributed by atoms with Gasteiger partial charge in [0.15, 0.2) is 0 Å². The lowest BCUT2D eigenvalue weighted by atomic mass is 10.1. The number of anilines is 2. The molecular weight excluding hydrogens is 355 g/mol. The SMILES string of the molecule is FC(F)(F)c1ccnc(N2CC3CCN(c4cc(C5CC5)ncn4)C3C2)c1. The molecule has 27 heavy (non-hydrogen) atoms. The van der Waals surface area contributed by atoms with E-state index in [-0.39, 0.29) is 6.04 Å². The highest BCUT2D eigenvalue weighted by Gasteiger charge is 2.43. The summed E-state index contributed by atoms with van der Waals surface area (Å²) in [6.45, 7) is 2.33. The molecule has 2 unspecified atom stereocenters. The van der Waals surface area contributed by atoms with Crippen molar-refractivity contribution in [3.8, 4) is 0 Å². The van der Waals surface area contributed by atoms with Crippen molar-refractivity contribution in [1.29, 1.82) is 0 Å². The fourth-order valence-corrected chi connectivity index (χ4v) is 4.32. The van der Waals surface area contributed by atoms with Crippen molar-refractivity contribution in [3.05, 3.63) is 42.0 Å². The van der Waals surface area contributed by atoms with Gasteiger partial charge < -0.3 is 9.80 Å². The van der Waals surface area contributed by atoms with Crippen LogP contribution in [0.3, 0.4) is 0 Å². The van der Waals surface area contributed by atoms with Crippen molar-refractivity contribution in [1.82, 2.24) is 15.0 Å². The Hall–Kier alpha value is -2.38. The summed E-state index contributed by atoms with van der Waals surface area (Å²) in [4.78, 5) is 17.3. The Kier molecular flexibility index (Phi) is 3.77. The average Bonchev–Trinajstić information content (AvgIpc) is 3.30. The number of nitrogens with zero attached hydrogens (tertiary/aromatic N) is 5. The van der Waals surface area contributed by atoms with Crippen LogP contribution < -0.4 is 9.80 Å². The van der Waals surface area contributed by atoms with Crippen molar-refractivity contribution < 1.29 is 13.2 Å². The second kappa shape index (κ2) is 6.07. The minimum atomic E-state index is -4.35. The van der Waals surface area contributed by atoms with Crippen LogP contribution in [0.2, 0.25) is 0 Å². The van der Waals surface area contributed by atoms with Gasteiger partial charge in [0.25, 0.3) is 0 Å². The zero-order valence-corrected chi connectivity index (χ0v) is 14.7. The maximum atomic E-state index is 13.0. The van der Waals surface area contributed by atoms with Crippen LogP contribution in [0.1, 0.15) is 36.4 Å². The second-order valence-electron chi connectivity index (χ2n) is 7.69. The monoisotopic (exact) mass is 375 g/mol. The molecule has 1 aliphatic carbocycles. The number of hydrogen-bond donors (Lipinski definition) is 0. The molecule has 2 saturated heterocycles. The van der Waals surface area contributed by atoms with Crippen molar-refractivity contribution >= 4 is 11.6 Å². The molecule has 8 heteroatoms. The van der Waals surface area contributed by atoms with Gasteiger partial charge in [-0.05, 0) is 31.4 Å². The number of aromatic nitrogens is 3. The van der Waals surface area contributed by atoms with Crippen molar-refractivity contribution in [2.24, 2.45) is 5.92 Å². The zero-order valence-electron chi connectivity index (χ0n) is 14.7. The molecule has 2 atom stereocenters. The van der Waals surface area contributed by atoms with Crippen LogP contribution in [0.25, 0.3) is 0 Å². The second-order valence-corrected chi connectivity index (χ2v) is 7.69. The average molecular weight is 375 g/mol. The molecule has 2 aromatic heterocycles. The molecule has 0 amide bonds. The van der Waals surface area contributed by atoms with Crippen LogP contribution in [0.5, 0.6) is 0 Å². The first-order valence-corrected chi connectivity index (χ1v) is 9.36. The van der Waals surface area contributed by atoms with Gasteiger partial charge in [-0.25, -0.2) is 15.0 Å². The van der Waals surface area contributed by atoms with Gasteiger partial charge in [-0.15, -0.1) is 0 Å². The Balaban J connectivity index is 1.36. The van der Waals surface area contributed by atoms with E-state index < -0.39 is 11.7 Å². The van der Waals surface area contributed by atoms with E-state index in [1.165, 1.54) is 19.0 Å². The molecule has 142 valence electrons. The van der Waals surface area contributed by atoms with Gasteiger partial charge in [-0.3, -0.25) is 0 Å². The Morgan fingerprint density at radius 2 is 1.81 bits per heavy atom. The van der Waals surface area contributed by atoms with Crippen molar-refractivity contribution in [2.45, 2.75) is 37.4 Å². The standard InChI is InChI=1S/C19H20F3N5/c20-19(21,22)14-3-5-23-17(7-14)26-9-13-4-6-27(16(13)10-26)18-8-15(12-1-2-12)24-11-25-18/h3,5,7-8,11-13,16H,1-2,4,6,9-10H2. The van der Waals surface area contributed by atoms with Crippen molar-refractivity contribution in [2.75, 3.05) is 29.4 Å². The fraction of sp³-hybridized carbons (Fsp3) is 0.526. The number of fused-ring (bicyclic) bond motifs is 1. The highest BCUT2D eigenvalue weighted by atomic mass is 19.4. The van der Waals surface area contributed by atoms with E-state index in [4.69, 9.17) is 0 Å². The maximum Gasteiger partial charge on any atom is 0.416 e. The third kappa shape index (κ3) is 3.11. The van der Waals surface area contributed by atoms with Crippen LogP contribution >= 0.6 is 0 Å². The molecule has 1 saturated carbocycles. The zero-order chi connectivity index (χ0) is 18.6. The van der Waals surface area contributed by atoms with Gasteiger partial charge in [0.05, 0.1) is 11.6 Å². The highest BCUT2D eigenvalue weighted by molar-refractivity contribution is 5.49. The molecule has 0 spiro atoms. The lowest BCUT2D eigenvalue weighted by Gasteiger charge is -2.26. The van der Waals surface area contributed by atoms with E-state index in [0.29, 0.717) is 24.2 Å². The molecule has 3 aliphatic rings. The first-order valence-electron chi connectivity index (χ1n) is 9.36. The quantitative estimate of drug-likeness (QED) is 0.822. The molecule has 0 bridgehead atoms. The van der Waals surface area contributed by atoms with Crippen LogP contribution in [0.4, 0.5) is 24.8 Å². The third-order valence-corrected chi connectivity index (χ3v) is 5.91. The Morgan fingerprint density at radius 1 is 0.963 bits per heavy atom. The van der Waals surface area contributed by atoms with E-state index in [1.54, 1.807) is 6.33 Å². The lowest BCUT2D eigenvalue weighted by molar-refractivity contribution is -0.137. The summed E-state index contributed by atoms with van der Waals surface area (Å²) in [6.07, 6.45) is 1.94. The minimum Gasteiger partial charge on any atom is -0.354 e. The number of pyridine rings is 1. The number of alkyl halides is 3. The van der Waals surface area contributed by atoms with Crippen LogP contribution in [-0.2, 0) is 6.18 Å². The Bertz CT molecular complexity index is 851. The van der Waals surface area contributed by atoms with E-state index in [1.807, 2.05) is 4.90 Å². The summed E-state index contributed by atoms with van der Waals surface area (Å²) in [7, 11) is 0. The fourth-order valence-electron chi connectivity index (χ4n) is 4.32. The molecule has 0 aromatic carbocycles. The van der Waals surface area contributed by atoms with E-state index in [9.17, 15) is 13.2 Å². The normalized spacial score (nSPS) is 25.1. The number of rotatable bonds is 3. The molecular formula is C19H20F3N5. The van der Waals surface area contributed by atoms with Crippen molar-refractivity contribution in [3.63, 3.8) is 0 Å². The van der Waals surface area contributed by atoms with Gasteiger partial charge in [-0.2, -0.15) is 13.2 Å². The van der Waals surface area contributed by atoms with Gasteiger partial charge in [0, 0.05) is 49.4 Å². The summed E-state index contributed by atoms with van der Waals surface area (Å²) in [5, 5.41) is 0. The van der Waals surface area contributed by atoms with E-state index in [2.05, 4.69) is 25.9 Å². The van der Waals surface area contributed by atoms with Crippen LogP contribution in [0.15, 0.2) is 30.7 Å². The summed E-state index contributed by atoms with van der Waals surface area (Å²) < 4.78 is 39.0. The lowest BCUT2D eigenvalue weighted by Crippen LogP contribution is -2.36. The first kappa shape index (κ1) is 16.8. The molecule has 5 rings (SSSR count). The van der Waals surface area contributed by atoms with Gasteiger partial charge in [0.1, 0.15) is 18.0 Å². The van der Waals surface area contributed by atoms with Gasteiger partial charge in [0.2, 0.25) is 0 Å². The third-order valence-electron chi connectivity index (χ3n) is 5.91. The van der Waals surface area contributed by atoms with Crippen LogP contribution in [0, 0.1) is 5.92 Å². The molecule has 2 aliphatic heterocycles. The molecule has 5 nitrogen and oxygen atoms in total. The smallest absolute Gasteiger partial charge is 0.354 e. The van der Waals surface area contributed by atoms with Gasteiger partial charge >= 0.3 is 6.18 Å². The predicted octanol–water partition coefficient (Wildman–Crippen LogP) is 3.48. The van der Waals surface area contributed by atoms with Crippen LogP contribution in [-0.4, -0.2) is 40.6 Å².